The number of pyridine rings is 1. The van der Waals surface area contributed by atoms with Crippen molar-refractivity contribution < 1.29 is 23.5 Å². The summed E-state index contributed by atoms with van der Waals surface area (Å²) >= 11 is 0. The first-order valence-corrected chi connectivity index (χ1v) is 12.0. The van der Waals surface area contributed by atoms with Gasteiger partial charge < -0.3 is 14.8 Å². The van der Waals surface area contributed by atoms with Gasteiger partial charge in [0.25, 0.3) is 5.91 Å². The molecule has 2 amide bonds. The zero-order valence-corrected chi connectivity index (χ0v) is 20.4. The zero-order chi connectivity index (χ0) is 25.5. The Kier molecular flexibility index (Phi) is 8.15. The molecule has 1 N–H and O–H groups in total. The number of hydrogen-bond donors (Lipinski definition) is 1. The first-order chi connectivity index (χ1) is 17.5. The average Bonchev–Trinajstić information content (AvgIpc) is 2.92. The summed E-state index contributed by atoms with van der Waals surface area (Å²) in [5.74, 6) is -0.363. The summed E-state index contributed by atoms with van der Waals surface area (Å²) in [6.45, 7) is 0. The number of carbonyl (C=O) groups is 2. The van der Waals surface area contributed by atoms with Crippen LogP contribution in [0.1, 0.15) is 54.2 Å². The quantitative estimate of drug-likeness (QED) is 0.476. The van der Waals surface area contributed by atoms with E-state index in [1.54, 1.807) is 36.4 Å². The monoisotopic (exact) mass is 491 g/mol. The smallest absolute Gasteiger partial charge is 0.277 e. The molecular formula is C28H30FN3O4. The molecule has 1 aromatic heterocycles. The van der Waals surface area contributed by atoms with Gasteiger partial charge in [-0.2, -0.15) is 0 Å². The van der Waals surface area contributed by atoms with Crippen LogP contribution >= 0.6 is 0 Å². The summed E-state index contributed by atoms with van der Waals surface area (Å²) in [5, 5.41) is 3.14. The molecule has 1 atom stereocenters. The van der Waals surface area contributed by atoms with Gasteiger partial charge in [0, 0.05) is 24.0 Å². The minimum absolute atomic E-state index is 0.0198. The summed E-state index contributed by atoms with van der Waals surface area (Å²) in [7, 11) is 3.02. The molecule has 4 rings (SSSR count). The summed E-state index contributed by atoms with van der Waals surface area (Å²) in [4.78, 5) is 33.4. The maximum atomic E-state index is 13.9. The summed E-state index contributed by atoms with van der Waals surface area (Å²) in [6.07, 6.45) is 6.51. The number of halogens is 1. The van der Waals surface area contributed by atoms with E-state index in [0.717, 1.165) is 32.1 Å². The molecule has 7 nitrogen and oxygen atoms in total. The zero-order valence-electron chi connectivity index (χ0n) is 20.4. The van der Waals surface area contributed by atoms with E-state index in [1.165, 1.54) is 49.6 Å². The lowest BCUT2D eigenvalue weighted by Crippen LogP contribution is -2.47. The fourth-order valence-electron chi connectivity index (χ4n) is 4.56. The molecule has 0 saturated heterocycles. The van der Waals surface area contributed by atoms with Crippen LogP contribution < -0.4 is 19.7 Å². The number of anilines is 1. The summed E-state index contributed by atoms with van der Waals surface area (Å²) in [6, 6.07) is 14.6. The number of amides is 2. The molecule has 8 heteroatoms. The second-order valence-electron chi connectivity index (χ2n) is 8.73. The second-order valence-corrected chi connectivity index (χ2v) is 8.73. The number of nitrogens with one attached hydrogen (secondary N) is 1. The molecule has 0 spiro atoms. The lowest BCUT2D eigenvalue weighted by atomic mass is 9.94. The minimum Gasteiger partial charge on any atom is -0.493 e. The van der Waals surface area contributed by atoms with Crippen molar-refractivity contribution >= 4 is 17.5 Å². The maximum Gasteiger partial charge on any atom is 0.277 e. The van der Waals surface area contributed by atoms with Gasteiger partial charge in [-0.15, -0.1) is 0 Å². The van der Waals surface area contributed by atoms with Crippen molar-refractivity contribution in [2.45, 2.75) is 44.2 Å². The van der Waals surface area contributed by atoms with Gasteiger partial charge in [-0.1, -0.05) is 37.5 Å². The lowest BCUT2D eigenvalue weighted by molar-refractivity contribution is -0.123. The fraction of sp³-hybridized carbons (Fsp3) is 0.321. The first-order valence-electron chi connectivity index (χ1n) is 12.0. The van der Waals surface area contributed by atoms with E-state index in [-0.39, 0.29) is 17.6 Å². The highest BCUT2D eigenvalue weighted by Crippen LogP contribution is 2.36. The second kappa shape index (κ2) is 11.7. The highest BCUT2D eigenvalue weighted by molar-refractivity contribution is 6.09. The minimum atomic E-state index is -1.07. The van der Waals surface area contributed by atoms with Crippen LogP contribution in [0.15, 0.2) is 66.9 Å². The van der Waals surface area contributed by atoms with Gasteiger partial charge in [-0.05, 0) is 54.8 Å². The van der Waals surface area contributed by atoms with Gasteiger partial charge >= 0.3 is 0 Å². The van der Waals surface area contributed by atoms with Crippen LogP contribution in [-0.2, 0) is 4.79 Å². The Morgan fingerprint density at radius 2 is 1.69 bits per heavy atom. The Morgan fingerprint density at radius 1 is 0.972 bits per heavy atom. The van der Waals surface area contributed by atoms with Crippen molar-refractivity contribution in [2.75, 3.05) is 19.1 Å². The average molecular weight is 492 g/mol. The van der Waals surface area contributed by atoms with E-state index in [4.69, 9.17) is 9.47 Å². The molecule has 1 fully saturated rings. The summed E-state index contributed by atoms with van der Waals surface area (Å²) in [5.41, 5.74) is 1.06. The van der Waals surface area contributed by atoms with E-state index in [1.807, 2.05) is 0 Å². The Hall–Kier alpha value is -3.94. The Labute approximate surface area is 210 Å². The van der Waals surface area contributed by atoms with E-state index in [9.17, 15) is 14.0 Å². The van der Waals surface area contributed by atoms with Crippen molar-refractivity contribution in [3.05, 3.63) is 83.9 Å². The van der Waals surface area contributed by atoms with Crippen LogP contribution in [0, 0.1) is 5.82 Å². The molecule has 0 unspecified atom stereocenters. The number of ether oxygens (including phenoxy) is 2. The van der Waals surface area contributed by atoms with Gasteiger partial charge in [0.1, 0.15) is 17.6 Å². The van der Waals surface area contributed by atoms with E-state index < -0.39 is 17.8 Å². The van der Waals surface area contributed by atoms with E-state index >= 15 is 0 Å². The van der Waals surface area contributed by atoms with Crippen LogP contribution in [0.5, 0.6) is 11.5 Å². The third-order valence-electron chi connectivity index (χ3n) is 6.39. The molecule has 36 heavy (non-hydrogen) atoms. The Bertz CT molecular complexity index is 1180. The third-order valence-corrected chi connectivity index (χ3v) is 6.39. The number of hydrogen-bond acceptors (Lipinski definition) is 5. The molecule has 2 aromatic carbocycles. The molecule has 188 valence electrons. The summed E-state index contributed by atoms with van der Waals surface area (Å²) < 4.78 is 24.7. The van der Waals surface area contributed by atoms with Crippen LogP contribution in [0.2, 0.25) is 0 Å². The topological polar surface area (TPSA) is 80.8 Å². The molecule has 0 aliphatic heterocycles. The van der Waals surface area contributed by atoms with Crippen molar-refractivity contribution in [3.63, 3.8) is 0 Å². The standard InChI is InChI=1S/C28H30FN3O4/c1-35-24-16-15-22(18-25(24)36-2)32(28(34)23-10-6-7-17-30-23)26(19-11-13-20(29)14-12-19)27(33)31-21-8-4-3-5-9-21/h6-7,10-18,21,26H,3-5,8-9H2,1-2H3,(H,31,33)/t26-/m1/s1. The Morgan fingerprint density at radius 3 is 2.33 bits per heavy atom. The van der Waals surface area contributed by atoms with E-state index in [0.29, 0.717) is 22.7 Å². The first kappa shape index (κ1) is 25.2. The molecule has 1 aliphatic carbocycles. The van der Waals surface area contributed by atoms with E-state index in [2.05, 4.69) is 10.3 Å². The molecule has 1 saturated carbocycles. The number of aromatic nitrogens is 1. The predicted molar refractivity (Wildman–Crippen MR) is 135 cm³/mol. The highest BCUT2D eigenvalue weighted by atomic mass is 19.1. The number of carbonyl (C=O) groups excluding carboxylic acids is 2. The van der Waals surface area contributed by atoms with Crippen molar-refractivity contribution in [2.24, 2.45) is 0 Å². The number of rotatable bonds is 8. The van der Waals surface area contributed by atoms with Crippen molar-refractivity contribution in [1.29, 1.82) is 0 Å². The van der Waals surface area contributed by atoms with Gasteiger partial charge in [-0.3, -0.25) is 19.5 Å². The van der Waals surface area contributed by atoms with Crippen molar-refractivity contribution in [1.82, 2.24) is 10.3 Å². The van der Waals surface area contributed by atoms with Gasteiger partial charge in [0.05, 0.1) is 14.2 Å². The van der Waals surface area contributed by atoms with Crippen LogP contribution in [0.25, 0.3) is 0 Å². The lowest BCUT2D eigenvalue weighted by Gasteiger charge is -2.33. The van der Waals surface area contributed by atoms with Crippen LogP contribution in [0.4, 0.5) is 10.1 Å². The fourth-order valence-corrected chi connectivity index (χ4v) is 4.56. The molecule has 1 heterocycles. The molecule has 0 radical (unpaired) electrons. The molecule has 1 aliphatic rings. The molecule has 3 aromatic rings. The largest absolute Gasteiger partial charge is 0.493 e. The normalized spacial score (nSPS) is 14.5. The maximum absolute atomic E-state index is 13.9. The van der Waals surface area contributed by atoms with Crippen molar-refractivity contribution in [3.8, 4) is 11.5 Å². The SMILES string of the molecule is COc1ccc(N(C(=O)c2ccccn2)[C@@H](C(=O)NC2CCCCC2)c2ccc(F)cc2)cc1OC. The predicted octanol–water partition coefficient (Wildman–Crippen LogP) is 5.07. The van der Waals surface area contributed by atoms with Gasteiger partial charge in [0.15, 0.2) is 11.5 Å². The molecular weight excluding hydrogens is 461 g/mol. The Balaban J connectivity index is 1.84. The van der Waals surface area contributed by atoms with Gasteiger partial charge in [-0.25, -0.2) is 4.39 Å². The number of methoxy groups -OCH3 is 2. The molecule has 0 bridgehead atoms. The van der Waals surface area contributed by atoms with Crippen LogP contribution in [-0.4, -0.2) is 37.1 Å². The third kappa shape index (κ3) is 5.64. The number of benzene rings is 2. The van der Waals surface area contributed by atoms with Gasteiger partial charge in [0.2, 0.25) is 5.91 Å². The van der Waals surface area contributed by atoms with Crippen LogP contribution in [0.3, 0.4) is 0 Å². The highest BCUT2D eigenvalue weighted by Gasteiger charge is 2.35. The number of nitrogens with zero attached hydrogens (tertiary/aromatic N) is 2.